The zero-order valence-corrected chi connectivity index (χ0v) is 15.7. The number of Topliss-reactive ketones (excluding diaryl/α,β-unsaturated/α-hetero) is 1. The van der Waals surface area contributed by atoms with Crippen molar-refractivity contribution < 1.29 is 14.3 Å². The maximum absolute atomic E-state index is 12.6. The zero-order chi connectivity index (χ0) is 18.1. The minimum atomic E-state index is -0.336. The van der Waals surface area contributed by atoms with Crippen LogP contribution in [0, 0.1) is 0 Å². The maximum atomic E-state index is 12.6. The number of anilines is 1. The Morgan fingerprint density at radius 3 is 2.32 bits per heavy atom. The Morgan fingerprint density at radius 2 is 1.72 bits per heavy atom. The third-order valence-electron chi connectivity index (χ3n) is 3.68. The fourth-order valence-corrected chi connectivity index (χ4v) is 4.15. The summed E-state index contributed by atoms with van der Waals surface area (Å²) in [5.41, 5.74) is 1.16. The summed E-state index contributed by atoms with van der Waals surface area (Å²) in [6.07, 6.45) is 0. The van der Waals surface area contributed by atoms with E-state index in [1.165, 1.54) is 25.4 Å². The van der Waals surface area contributed by atoms with Crippen molar-refractivity contribution in [3.05, 3.63) is 56.9 Å². The highest BCUT2D eigenvalue weighted by Gasteiger charge is 2.20. The minimum Gasteiger partial charge on any atom is -0.495 e. The average molecular weight is 394 g/mol. The van der Waals surface area contributed by atoms with Crippen molar-refractivity contribution in [2.45, 2.75) is 6.92 Å². The number of amides is 1. The van der Waals surface area contributed by atoms with E-state index in [0.29, 0.717) is 42.0 Å². The first-order valence-corrected chi connectivity index (χ1v) is 8.86. The predicted octanol–water partition coefficient (Wildman–Crippen LogP) is 5.67. The number of hydrogen-bond donors (Lipinski definition) is 1. The average Bonchev–Trinajstić information content (AvgIpc) is 2.94. The summed E-state index contributed by atoms with van der Waals surface area (Å²) < 4.78 is 5.89. The molecule has 0 bridgehead atoms. The van der Waals surface area contributed by atoms with Crippen LogP contribution in [0.1, 0.15) is 27.0 Å². The normalized spacial score (nSPS) is 10.7. The lowest BCUT2D eigenvalue weighted by atomic mass is 10.1. The highest BCUT2D eigenvalue weighted by molar-refractivity contribution is 7.22. The molecule has 25 heavy (non-hydrogen) atoms. The summed E-state index contributed by atoms with van der Waals surface area (Å²) in [4.78, 5) is 24.2. The third kappa shape index (κ3) is 3.35. The molecule has 0 atom stereocenters. The topological polar surface area (TPSA) is 55.4 Å². The van der Waals surface area contributed by atoms with Crippen LogP contribution in [0.4, 0.5) is 5.69 Å². The monoisotopic (exact) mass is 393 g/mol. The molecule has 1 heterocycles. The Balaban J connectivity index is 1.93. The first-order chi connectivity index (χ1) is 11.9. The molecule has 0 saturated heterocycles. The molecule has 2 aromatic carbocycles. The summed E-state index contributed by atoms with van der Waals surface area (Å²) in [7, 11) is 1.53. The Labute approximate surface area is 158 Å². The summed E-state index contributed by atoms with van der Waals surface area (Å²) >= 11 is 13.9. The third-order valence-corrected chi connectivity index (χ3v) is 5.89. The Hall–Kier alpha value is -2.08. The lowest BCUT2D eigenvalue weighted by molar-refractivity contribution is 0.101. The fraction of sp³-hybridized carbons (Fsp3) is 0.111. The van der Waals surface area contributed by atoms with Gasteiger partial charge in [0.25, 0.3) is 5.91 Å². The van der Waals surface area contributed by atoms with Crippen LogP contribution in [0.3, 0.4) is 0 Å². The van der Waals surface area contributed by atoms with E-state index in [1.54, 1.807) is 36.4 Å². The van der Waals surface area contributed by atoms with Gasteiger partial charge in [-0.25, -0.2) is 0 Å². The molecule has 1 aromatic heterocycles. The first kappa shape index (κ1) is 17.7. The number of ketones is 1. The molecule has 0 saturated carbocycles. The number of ether oxygens (including phenoxy) is 1. The number of carbonyl (C=O) groups is 2. The maximum Gasteiger partial charge on any atom is 0.267 e. The summed E-state index contributed by atoms with van der Waals surface area (Å²) in [6, 6.07) is 10.2. The van der Waals surface area contributed by atoms with E-state index in [2.05, 4.69) is 5.32 Å². The second-order valence-electron chi connectivity index (χ2n) is 5.29. The second-order valence-corrected chi connectivity index (χ2v) is 7.07. The van der Waals surface area contributed by atoms with E-state index < -0.39 is 0 Å². The largest absolute Gasteiger partial charge is 0.495 e. The van der Waals surface area contributed by atoms with Crippen LogP contribution >= 0.6 is 34.5 Å². The number of halogens is 2. The van der Waals surface area contributed by atoms with Gasteiger partial charge in [0.05, 0.1) is 16.8 Å². The second kappa shape index (κ2) is 7.04. The molecule has 1 amide bonds. The molecule has 0 radical (unpaired) electrons. The van der Waals surface area contributed by atoms with Crippen LogP contribution in [0.5, 0.6) is 5.75 Å². The number of carbonyl (C=O) groups excluding carboxylic acids is 2. The van der Waals surface area contributed by atoms with E-state index in [9.17, 15) is 9.59 Å². The number of benzene rings is 2. The number of methoxy groups -OCH3 is 1. The van der Waals surface area contributed by atoms with Crippen molar-refractivity contribution in [2.24, 2.45) is 0 Å². The van der Waals surface area contributed by atoms with Gasteiger partial charge in [0.15, 0.2) is 5.78 Å². The van der Waals surface area contributed by atoms with Crippen LogP contribution in [-0.2, 0) is 0 Å². The number of nitrogens with one attached hydrogen (secondary N) is 1. The molecule has 4 nitrogen and oxygen atoms in total. The molecule has 3 rings (SSSR count). The van der Waals surface area contributed by atoms with Crippen molar-refractivity contribution in [3.63, 3.8) is 0 Å². The molecule has 0 unspecified atom stereocenters. The number of hydrogen-bond acceptors (Lipinski definition) is 4. The van der Waals surface area contributed by atoms with Crippen LogP contribution < -0.4 is 10.1 Å². The molecule has 0 aliphatic rings. The Morgan fingerprint density at radius 1 is 1.04 bits per heavy atom. The minimum absolute atomic E-state index is 0.0333. The summed E-state index contributed by atoms with van der Waals surface area (Å²) in [5, 5.41) is 4.26. The molecular formula is C18H13Cl2NO3S. The molecule has 0 fully saturated rings. The van der Waals surface area contributed by atoms with Crippen LogP contribution in [0.2, 0.25) is 10.0 Å². The van der Waals surface area contributed by atoms with Gasteiger partial charge in [-0.05, 0) is 43.3 Å². The molecule has 7 heteroatoms. The van der Waals surface area contributed by atoms with Gasteiger partial charge >= 0.3 is 0 Å². The quantitative estimate of drug-likeness (QED) is 0.580. The number of fused-ring (bicyclic) bond motifs is 1. The van der Waals surface area contributed by atoms with Gasteiger partial charge in [-0.1, -0.05) is 23.2 Å². The van der Waals surface area contributed by atoms with Crippen molar-refractivity contribution in [2.75, 3.05) is 12.4 Å². The highest BCUT2D eigenvalue weighted by atomic mass is 35.5. The van der Waals surface area contributed by atoms with E-state index in [1.807, 2.05) is 0 Å². The Bertz CT molecular complexity index is 980. The standard InChI is InChI=1S/C18H13Cl2NO3S/c1-9(22)10-3-5-11(6-4-10)21-18(23)17-14(19)12-7-8-13(24-2)15(20)16(12)25-17/h3-8H,1-2H3,(H,21,23). The fourth-order valence-electron chi connectivity index (χ4n) is 2.36. The summed E-state index contributed by atoms with van der Waals surface area (Å²) in [6.45, 7) is 1.49. The first-order valence-electron chi connectivity index (χ1n) is 7.29. The Kier molecular flexibility index (Phi) is 4.99. The zero-order valence-electron chi connectivity index (χ0n) is 13.4. The molecule has 0 spiro atoms. The molecular weight excluding hydrogens is 381 g/mol. The van der Waals surface area contributed by atoms with Crippen molar-refractivity contribution >= 4 is 62.0 Å². The smallest absolute Gasteiger partial charge is 0.267 e. The van der Waals surface area contributed by atoms with E-state index in [4.69, 9.17) is 27.9 Å². The molecule has 3 aromatic rings. The van der Waals surface area contributed by atoms with E-state index in [0.717, 1.165) is 0 Å². The highest BCUT2D eigenvalue weighted by Crippen LogP contribution is 2.43. The van der Waals surface area contributed by atoms with Gasteiger partial charge < -0.3 is 10.1 Å². The lowest BCUT2D eigenvalue weighted by Gasteiger charge is -2.04. The van der Waals surface area contributed by atoms with Gasteiger partial charge in [0, 0.05) is 16.6 Å². The molecule has 128 valence electrons. The number of thiophene rings is 1. The van der Waals surface area contributed by atoms with Crippen LogP contribution in [0.25, 0.3) is 10.1 Å². The predicted molar refractivity (Wildman–Crippen MR) is 103 cm³/mol. The lowest BCUT2D eigenvalue weighted by Crippen LogP contribution is -2.10. The van der Waals surface area contributed by atoms with Crippen molar-refractivity contribution in [3.8, 4) is 5.75 Å². The van der Waals surface area contributed by atoms with E-state index in [-0.39, 0.29) is 11.7 Å². The van der Waals surface area contributed by atoms with Gasteiger partial charge in [-0.3, -0.25) is 9.59 Å². The van der Waals surface area contributed by atoms with Crippen molar-refractivity contribution in [1.82, 2.24) is 0 Å². The summed E-state index contributed by atoms with van der Waals surface area (Å²) in [5.74, 6) is 0.157. The van der Waals surface area contributed by atoms with E-state index >= 15 is 0 Å². The molecule has 0 aliphatic heterocycles. The SMILES string of the molecule is COc1ccc2c(Cl)c(C(=O)Nc3ccc(C(C)=O)cc3)sc2c1Cl. The van der Waals surface area contributed by atoms with Gasteiger partial charge in [-0.15, -0.1) is 11.3 Å². The molecule has 0 aliphatic carbocycles. The van der Waals surface area contributed by atoms with Gasteiger partial charge in [0.1, 0.15) is 15.6 Å². The van der Waals surface area contributed by atoms with Gasteiger partial charge in [0.2, 0.25) is 0 Å². The van der Waals surface area contributed by atoms with Crippen LogP contribution in [0.15, 0.2) is 36.4 Å². The van der Waals surface area contributed by atoms with Gasteiger partial charge in [-0.2, -0.15) is 0 Å². The molecule has 1 N–H and O–H groups in total. The van der Waals surface area contributed by atoms with Crippen LogP contribution in [-0.4, -0.2) is 18.8 Å². The number of rotatable bonds is 4. The van der Waals surface area contributed by atoms with Crippen molar-refractivity contribution in [1.29, 1.82) is 0 Å².